The lowest BCUT2D eigenvalue weighted by Crippen LogP contribution is -2.58. The van der Waals surface area contributed by atoms with Crippen molar-refractivity contribution in [1.29, 1.82) is 0 Å². The van der Waals surface area contributed by atoms with E-state index in [0.29, 0.717) is 23.2 Å². The molecule has 2 amide bonds. The molecule has 1 saturated heterocycles. The fraction of sp³-hybridized carbons (Fsp3) is 0.174. The zero-order valence-electron chi connectivity index (χ0n) is 28.8. The van der Waals surface area contributed by atoms with E-state index in [9.17, 15) is 14.7 Å². The van der Waals surface area contributed by atoms with Crippen LogP contribution < -0.4 is 10.2 Å². The predicted molar refractivity (Wildman–Crippen MR) is 203 cm³/mol. The first kappa shape index (κ1) is 32.6. The Morgan fingerprint density at radius 1 is 0.660 bits per heavy atom. The SMILES string of the molecule is O=C1C(c2ccccc2)=CC(=O)[C@@]2(c3ccccc3)[C@@H](c3ccc(O)cc3)C3=CC[C@@H]4C(=O)N(c5ccc(Nc6ccccc6)cc5)C(=O)[C@@H]4[C@@H]3C[C@@H]12. The van der Waals surface area contributed by atoms with Crippen LogP contribution in [0.1, 0.15) is 35.4 Å². The summed E-state index contributed by atoms with van der Waals surface area (Å²) in [6.45, 7) is 0. The molecule has 4 aliphatic rings. The van der Waals surface area contributed by atoms with Crippen LogP contribution in [-0.2, 0) is 24.6 Å². The number of phenols is 1. The second-order valence-corrected chi connectivity index (χ2v) is 14.4. The maximum Gasteiger partial charge on any atom is 0.238 e. The van der Waals surface area contributed by atoms with Crippen molar-refractivity contribution < 1.29 is 24.3 Å². The predicted octanol–water partition coefficient (Wildman–Crippen LogP) is 8.16. The zero-order valence-corrected chi connectivity index (χ0v) is 28.8. The molecule has 1 heterocycles. The summed E-state index contributed by atoms with van der Waals surface area (Å²) in [6.07, 6.45) is 4.14. The van der Waals surface area contributed by atoms with E-state index in [1.54, 1.807) is 24.3 Å². The van der Waals surface area contributed by atoms with Crippen LogP contribution in [0.15, 0.2) is 157 Å². The number of hydrogen-bond donors (Lipinski definition) is 2. The topological polar surface area (TPSA) is 104 Å². The first-order valence-corrected chi connectivity index (χ1v) is 18.1. The smallest absolute Gasteiger partial charge is 0.238 e. The molecule has 0 spiro atoms. The highest BCUT2D eigenvalue weighted by Crippen LogP contribution is 2.63. The Bertz CT molecular complexity index is 2320. The first-order chi connectivity index (χ1) is 25.9. The molecule has 3 aliphatic carbocycles. The van der Waals surface area contributed by atoms with E-state index in [-0.39, 0.29) is 35.6 Å². The lowest BCUT2D eigenvalue weighted by Gasteiger charge is -2.55. The summed E-state index contributed by atoms with van der Waals surface area (Å²) < 4.78 is 0. The number of carbonyl (C=O) groups excluding carboxylic acids is 4. The summed E-state index contributed by atoms with van der Waals surface area (Å²) in [4.78, 5) is 60.3. The number of fused-ring (bicyclic) bond motifs is 4. The van der Waals surface area contributed by atoms with Gasteiger partial charge >= 0.3 is 0 Å². The minimum Gasteiger partial charge on any atom is -0.508 e. The monoisotopic (exact) mass is 696 g/mol. The van der Waals surface area contributed by atoms with Gasteiger partial charge in [-0.15, -0.1) is 0 Å². The van der Waals surface area contributed by atoms with Gasteiger partial charge in [-0.3, -0.25) is 24.1 Å². The van der Waals surface area contributed by atoms with Crippen LogP contribution in [0.25, 0.3) is 5.57 Å². The summed E-state index contributed by atoms with van der Waals surface area (Å²) in [5.74, 6) is -4.00. The molecule has 5 aromatic rings. The van der Waals surface area contributed by atoms with Crippen molar-refractivity contribution in [3.05, 3.63) is 174 Å². The lowest BCUT2D eigenvalue weighted by molar-refractivity contribution is -0.135. The molecule has 1 aliphatic heterocycles. The molecule has 9 rings (SSSR count). The normalized spacial score (nSPS) is 26.3. The third-order valence-corrected chi connectivity index (χ3v) is 11.8. The van der Waals surface area contributed by atoms with Gasteiger partial charge in [0.15, 0.2) is 11.6 Å². The summed E-state index contributed by atoms with van der Waals surface area (Å²) >= 11 is 0. The number of amides is 2. The molecule has 0 radical (unpaired) electrons. The lowest BCUT2D eigenvalue weighted by atomic mass is 9.44. The van der Waals surface area contributed by atoms with Gasteiger partial charge in [-0.1, -0.05) is 103 Å². The van der Waals surface area contributed by atoms with E-state index in [2.05, 4.69) is 11.4 Å². The zero-order chi connectivity index (χ0) is 36.3. The number of ketones is 2. The van der Waals surface area contributed by atoms with Gasteiger partial charge in [0.2, 0.25) is 11.8 Å². The van der Waals surface area contributed by atoms with E-state index < -0.39 is 35.0 Å². The quantitative estimate of drug-likeness (QED) is 0.137. The molecule has 1 saturated carbocycles. The number of aromatic hydroxyl groups is 1. The summed E-state index contributed by atoms with van der Waals surface area (Å²) in [5.41, 5.74) is 4.34. The molecule has 7 heteroatoms. The summed E-state index contributed by atoms with van der Waals surface area (Å²) in [5, 5.41) is 13.7. The number of para-hydroxylation sites is 1. The molecular weight excluding hydrogens is 661 g/mol. The minimum atomic E-state index is -1.31. The van der Waals surface area contributed by atoms with Gasteiger partial charge in [0.1, 0.15) is 5.75 Å². The number of allylic oxidation sites excluding steroid dienone is 4. The fourth-order valence-corrected chi connectivity index (χ4v) is 9.55. The van der Waals surface area contributed by atoms with E-state index in [4.69, 9.17) is 0 Å². The van der Waals surface area contributed by atoms with Crippen LogP contribution in [0, 0.1) is 23.7 Å². The number of hydrogen-bond acceptors (Lipinski definition) is 6. The maximum atomic E-state index is 15.1. The van der Waals surface area contributed by atoms with Gasteiger partial charge in [-0.2, -0.15) is 0 Å². The Morgan fingerprint density at radius 3 is 1.96 bits per heavy atom. The van der Waals surface area contributed by atoms with Crippen molar-refractivity contribution >= 4 is 46.0 Å². The number of benzene rings is 5. The molecular formula is C46H36N2O5. The van der Waals surface area contributed by atoms with Crippen LogP contribution in [0.5, 0.6) is 5.75 Å². The second kappa shape index (κ2) is 12.7. The number of Topliss-reactive ketones (excluding diaryl/α,β-unsaturated/α-hetero) is 1. The second-order valence-electron chi connectivity index (χ2n) is 14.4. The van der Waals surface area contributed by atoms with Crippen LogP contribution in [0.3, 0.4) is 0 Å². The average molecular weight is 697 g/mol. The molecule has 0 aromatic heterocycles. The van der Waals surface area contributed by atoms with Gasteiger partial charge in [0.25, 0.3) is 0 Å². The Morgan fingerprint density at radius 2 is 1.28 bits per heavy atom. The van der Waals surface area contributed by atoms with Gasteiger partial charge < -0.3 is 10.4 Å². The van der Waals surface area contributed by atoms with Crippen molar-refractivity contribution in [2.24, 2.45) is 23.7 Å². The van der Waals surface area contributed by atoms with Crippen molar-refractivity contribution in [2.45, 2.75) is 24.2 Å². The minimum absolute atomic E-state index is 0.0820. The number of imide groups is 1. The van der Waals surface area contributed by atoms with Crippen molar-refractivity contribution in [3.8, 4) is 5.75 Å². The number of nitrogens with zero attached hydrogens (tertiary/aromatic N) is 1. The number of rotatable bonds is 6. The van der Waals surface area contributed by atoms with Crippen molar-refractivity contribution in [1.82, 2.24) is 0 Å². The molecule has 53 heavy (non-hydrogen) atoms. The van der Waals surface area contributed by atoms with Crippen LogP contribution >= 0.6 is 0 Å². The van der Waals surface area contributed by atoms with Crippen LogP contribution in [0.2, 0.25) is 0 Å². The van der Waals surface area contributed by atoms with Gasteiger partial charge in [-0.05, 0) is 90.1 Å². The summed E-state index contributed by atoms with van der Waals surface area (Å²) in [7, 11) is 0. The van der Waals surface area contributed by atoms with Gasteiger partial charge in [0, 0.05) is 28.8 Å². The van der Waals surface area contributed by atoms with Crippen molar-refractivity contribution in [2.75, 3.05) is 10.2 Å². The molecule has 2 N–H and O–H groups in total. The summed E-state index contributed by atoms with van der Waals surface area (Å²) in [6, 6.07) is 42.6. The largest absolute Gasteiger partial charge is 0.508 e. The van der Waals surface area contributed by atoms with Gasteiger partial charge in [0.05, 0.1) is 22.9 Å². The Labute approximate surface area is 307 Å². The molecule has 5 aromatic carbocycles. The molecule has 260 valence electrons. The molecule has 6 atom stereocenters. The number of nitrogens with one attached hydrogen (secondary N) is 1. The molecule has 0 unspecified atom stereocenters. The van der Waals surface area contributed by atoms with Gasteiger partial charge in [-0.25, -0.2) is 0 Å². The number of anilines is 3. The molecule has 0 bridgehead atoms. The highest BCUT2D eigenvalue weighted by atomic mass is 16.3. The first-order valence-electron chi connectivity index (χ1n) is 18.1. The van der Waals surface area contributed by atoms with E-state index in [1.807, 2.05) is 115 Å². The molecule has 7 nitrogen and oxygen atoms in total. The Kier molecular flexibility index (Phi) is 7.81. The molecule has 2 fully saturated rings. The van der Waals surface area contributed by atoms with E-state index in [0.717, 1.165) is 28.1 Å². The standard InChI is InChI=1S/C46H36N2O5/c49-34-22-16-29(17-23-34)42-35-24-25-36-41(45(53)48(44(36)52)33-20-18-32(19-21-33)47-31-14-8-3-9-15-31)38(35)26-39-43(51)37(28-10-4-1-5-11-28)27-40(50)46(39,42)30-12-6-2-7-13-30/h1-24,27,36,38-39,41-42,47,49H,25-26H2/t36-,38+,39-,41-,42-,46-/m0/s1. The van der Waals surface area contributed by atoms with Crippen LogP contribution in [0.4, 0.5) is 17.1 Å². The van der Waals surface area contributed by atoms with Crippen molar-refractivity contribution in [3.63, 3.8) is 0 Å². The fourth-order valence-electron chi connectivity index (χ4n) is 9.55. The van der Waals surface area contributed by atoms with E-state index >= 15 is 9.59 Å². The third kappa shape index (κ3) is 5.10. The maximum absolute atomic E-state index is 15.1. The van der Waals surface area contributed by atoms with Crippen LogP contribution in [-0.4, -0.2) is 28.5 Å². The Hall–Kier alpha value is -6.34. The third-order valence-electron chi connectivity index (χ3n) is 11.8. The average Bonchev–Trinajstić information content (AvgIpc) is 3.46. The highest BCUT2D eigenvalue weighted by molar-refractivity contribution is 6.32. The Balaban J connectivity index is 1.16. The number of carbonyl (C=O) groups is 4. The number of phenolic OH excluding ortho intramolecular Hbond substituents is 1. The van der Waals surface area contributed by atoms with E-state index in [1.165, 1.54) is 11.0 Å². The highest BCUT2D eigenvalue weighted by Gasteiger charge is 2.66.